The third-order valence-electron chi connectivity index (χ3n) is 2.15. The smallest absolute Gasteiger partial charge is 0.263 e. The van der Waals surface area contributed by atoms with Crippen LogP contribution in [0.5, 0.6) is 0 Å². The van der Waals surface area contributed by atoms with Crippen LogP contribution in [0.2, 0.25) is 0 Å². The Hall–Kier alpha value is -1.69. The molecular formula is C10H12N4OS. The molecule has 2 rings (SSSR count). The lowest BCUT2D eigenvalue weighted by Gasteiger charge is -2.02. The van der Waals surface area contributed by atoms with Crippen LogP contribution in [0.4, 0.5) is 0 Å². The summed E-state index contributed by atoms with van der Waals surface area (Å²) in [5, 5.41) is 2.84. The van der Waals surface area contributed by atoms with E-state index in [1.54, 1.807) is 17.9 Å². The first kappa shape index (κ1) is 10.8. The maximum atomic E-state index is 11.7. The fourth-order valence-electron chi connectivity index (χ4n) is 1.33. The fraction of sp³-hybridized carbons (Fsp3) is 0.300. The number of imidazole rings is 1. The van der Waals surface area contributed by atoms with Crippen LogP contribution in [0.3, 0.4) is 0 Å². The van der Waals surface area contributed by atoms with Gasteiger partial charge in [-0.25, -0.2) is 9.97 Å². The first-order chi connectivity index (χ1) is 7.77. The Morgan fingerprint density at radius 2 is 2.44 bits per heavy atom. The van der Waals surface area contributed by atoms with Gasteiger partial charge in [0.05, 0.1) is 11.2 Å². The molecule has 0 aromatic carbocycles. The zero-order valence-corrected chi connectivity index (χ0v) is 9.67. The van der Waals surface area contributed by atoms with E-state index in [2.05, 4.69) is 20.3 Å². The molecule has 0 aliphatic heterocycles. The third kappa shape index (κ3) is 2.46. The summed E-state index contributed by atoms with van der Waals surface area (Å²) < 4.78 is 0. The molecule has 2 N–H and O–H groups in total. The topological polar surface area (TPSA) is 70.7 Å². The molecule has 0 saturated heterocycles. The summed E-state index contributed by atoms with van der Waals surface area (Å²) >= 11 is 1.36. The molecule has 1 amide bonds. The van der Waals surface area contributed by atoms with Crippen molar-refractivity contribution in [1.82, 2.24) is 20.3 Å². The quantitative estimate of drug-likeness (QED) is 0.836. The second-order valence-corrected chi connectivity index (χ2v) is 4.16. The minimum atomic E-state index is -0.0634. The van der Waals surface area contributed by atoms with Crippen LogP contribution in [0.1, 0.15) is 21.2 Å². The number of nitrogens with zero attached hydrogens (tertiary/aromatic N) is 2. The van der Waals surface area contributed by atoms with Gasteiger partial charge in [0.15, 0.2) is 0 Å². The molecule has 0 unspecified atom stereocenters. The van der Waals surface area contributed by atoms with Crippen molar-refractivity contribution in [3.63, 3.8) is 0 Å². The maximum absolute atomic E-state index is 11.7. The molecule has 0 fully saturated rings. The van der Waals surface area contributed by atoms with Crippen LogP contribution in [0, 0.1) is 6.92 Å². The number of carbonyl (C=O) groups excluding carboxylic acids is 1. The number of carbonyl (C=O) groups is 1. The van der Waals surface area contributed by atoms with Crippen molar-refractivity contribution in [1.29, 1.82) is 0 Å². The van der Waals surface area contributed by atoms with E-state index in [9.17, 15) is 4.79 Å². The van der Waals surface area contributed by atoms with Gasteiger partial charge in [-0.2, -0.15) is 0 Å². The highest BCUT2D eigenvalue weighted by molar-refractivity contribution is 7.11. The summed E-state index contributed by atoms with van der Waals surface area (Å²) in [4.78, 5) is 23.5. The number of aromatic amines is 1. The van der Waals surface area contributed by atoms with Gasteiger partial charge in [-0.05, 0) is 6.92 Å². The molecule has 0 saturated carbocycles. The standard InChI is InChI=1S/C10H12N4OS/c1-7-9(16-6-14-7)10(15)13-3-2-8-11-4-5-12-8/h4-6H,2-3H2,1H3,(H,11,12)(H,13,15). The van der Waals surface area contributed by atoms with E-state index in [-0.39, 0.29) is 5.91 Å². The minimum Gasteiger partial charge on any atom is -0.351 e. The first-order valence-electron chi connectivity index (χ1n) is 4.94. The molecule has 6 heteroatoms. The Morgan fingerprint density at radius 3 is 3.06 bits per heavy atom. The molecule has 0 bridgehead atoms. The first-order valence-corrected chi connectivity index (χ1v) is 5.82. The van der Waals surface area contributed by atoms with Crippen molar-refractivity contribution in [3.8, 4) is 0 Å². The van der Waals surface area contributed by atoms with Gasteiger partial charge in [0.1, 0.15) is 10.7 Å². The Morgan fingerprint density at radius 1 is 1.56 bits per heavy atom. The highest BCUT2D eigenvalue weighted by atomic mass is 32.1. The second-order valence-electron chi connectivity index (χ2n) is 3.31. The minimum absolute atomic E-state index is 0.0634. The monoisotopic (exact) mass is 236 g/mol. The van der Waals surface area contributed by atoms with E-state index < -0.39 is 0 Å². The molecule has 0 radical (unpaired) electrons. The number of aromatic nitrogens is 3. The van der Waals surface area contributed by atoms with Gasteiger partial charge < -0.3 is 10.3 Å². The van der Waals surface area contributed by atoms with Crippen LogP contribution in [0.15, 0.2) is 17.9 Å². The highest BCUT2D eigenvalue weighted by Crippen LogP contribution is 2.11. The van der Waals surface area contributed by atoms with E-state index in [1.807, 2.05) is 6.92 Å². The number of hydrogen-bond donors (Lipinski definition) is 2. The van der Waals surface area contributed by atoms with Gasteiger partial charge in [0, 0.05) is 25.4 Å². The Kier molecular flexibility index (Phi) is 3.31. The lowest BCUT2D eigenvalue weighted by Crippen LogP contribution is -2.25. The summed E-state index contributed by atoms with van der Waals surface area (Å²) in [6, 6.07) is 0. The number of aryl methyl sites for hydroxylation is 1. The highest BCUT2D eigenvalue weighted by Gasteiger charge is 2.10. The Bertz CT molecular complexity index is 463. The lowest BCUT2D eigenvalue weighted by molar-refractivity contribution is 0.0957. The van der Waals surface area contributed by atoms with E-state index in [0.29, 0.717) is 17.8 Å². The Balaban J connectivity index is 1.83. The van der Waals surface area contributed by atoms with Crippen LogP contribution in [0.25, 0.3) is 0 Å². The summed E-state index contributed by atoms with van der Waals surface area (Å²) in [5.41, 5.74) is 2.46. The Labute approximate surface area is 96.9 Å². The van der Waals surface area contributed by atoms with Crippen LogP contribution in [-0.4, -0.2) is 27.4 Å². The molecular weight excluding hydrogens is 224 g/mol. The number of hydrogen-bond acceptors (Lipinski definition) is 4. The van der Waals surface area contributed by atoms with Crippen LogP contribution < -0.4 is 5.32 Å². The van der Waals surface area contributed by atoms with Crippen molar-refractivity contribution in [3.05, 3.63) is 34.3 Å². The number of rotatable bonds is 4. The van der Waals surface area contributed by atoms with Crippen LogP contribution in [-0.2, 0) is 6.42 Å². The molecule has 0 aliphatic carbocycles. The number of nitrogens with one attached hydrogen (secondary N) is 2. The van der Waals surface area contributed by atoms with Gasteiger partial charge >= 0.3 is 0 Å². The average molecular weight is 236 g/mol. The summed E-state index contributed by atoms with van der Waals surface area (Å²) in [7, 11) is 0. The molecule has 5 nitrogen and oxygen atoms in total. The molecule has 2 aromatic rings. The summed E-state index contributed by atoms with van der Waals surface area (Å²) in [5.74, 6) is 0.813. The molecule has 0 atom stereocenters. The normalized spacial score (nSPS) is 10.3. The average Bonchev–Trinajstić information content (AvgIpc) is 2.88. The largest absolute Gasteiger partial charge is 0.351 e. The van der Waals surface area contributed by atoms with Crippen molar-refractivity contribution in [2.75, 3.05) is 6.54 Å². The van der Waals surface area contributed by atoms with Crippen molar-refractivity contribution in [2.45, 2.75) is 13.3 Å². The summed E-state index contributed by atoms with van der Waals surface area (Å²) in [6.07, 6.45) is 4.17. The molecule has 16 heavy (non-hydrogen) atoms. The number of amides is 1. The van der Waals surface area contributed by atoms with E-state index in [0.717, 1.165) is 11.5 Å². The van der Waals surface area contributed by atoms with E-state index in [1.165, 1.54) is 11.3 Å². The van der Waals surface area contributed by atoms with Gasteiger partial charge in [-0.3, -0.25) is 4.79 Å². The maximum Gasteiger partial charge on any atom is 0.263 e. The zero-order valence-electron chi connectivity index (χ0n) is 8.86. The van der Waals surface area contributed by atoms with Gasteiger partial charge in [-0.15, -0.1) is 11.3 Å². The molecule has 0 aliphatic rings. The van der Waals surface area contributed by atoms with Gasteiger partial charge in [0.25, 0.3) is 5.91 Å². The SMILES string of the molecule is Cc1ncsc1C(=O)NCCc1ncc[nH]1. The van der Waals surface area contributed by atoms with Crippen molar-refractivity contribution >= 4 is 17.2 Å². The van der Waals surface area contributed by atoms with Gasteiger partial charge in [0.2, 0.25) is 0 Å². The van der Waals surface area contributed by atoms with E-state index >= 15 is 0 Å². The van der Waals surface area contributed by atoms with Crippen molar-refractivity contribution in [2.24, 2.45) is 0 Å². The summed E-state index contributed by atoms with van der Waals surface area (Å²) in [6.45, 7) is 2.40. The number of H-pyrrole nitrogens is 1. The number of thiazole rings is 1. The molecule has 2 heterocycles. The van der Waals surface area contributed by atoms with E-state index in [4.69, 9.17) is 0 Å². The molecule has 84 valence electrons. The predicted molar refractivity (Wildman–Crippen MR) is 61.5 cm³/mol. The fourth-order valence-corrected chi connectivity index (χ4v) is 2.05. The lowest BCUT2D eigenvalue weighted by atomic mass is 10.3. The zero-order chi connectivity index (χ0) is 11.4. The second kappa shape index (κ2) is 4.89. The predicted octanol–water partition coefficient (Wildman–Crippen LogP) is 1.15. The van der Waals surface area contributed by atoms with Gasteiger partial charge in [-0.1, -0.05) is 0 Å². The van der Waals surface area contributed by atoms with Crippen LogP contribution >= 0.6 is 11.3 Å². The molecule has 0 spiro atoms. The third-order valence-corrected chi connectivity index (χ3v) is 3.08. The molecule has 2 aromatic heterocycles. The van der Waals surface area contributed by atoms with Crippen molar-refractivity contribution < 1.29 is 4.79 Å².